The van der Waals surface area contributed by atoms with Crippen molar-refractivity contribution >= 4 is 5.91 Å². The first kappa shape index (κ1) is 14.5. The highest BCUT2D eigenvalue weighted by atomic mass is 16.5. The summed E-state index contributed by atoms with van der Waals surface area (Å²) in [6.45, 7) is 8.00. The molecule has 0 aromatic carbocycles. The molecule has 0 saturated carbocycles. The molecule has 0 aromatic rings. The Morgan fingerprint density at radius 3 is 2.65 bits per heavy atom. The normalized spacial score (nSPS) is 18.1. The van der Waals surface area contributed by atoms with Crippen LogP contribution in [0.5, 0.6) is 0 Å². The fraction of sp³-hybridized carbons (Fsp3) is 0.923. The van der Waals surface area contributed by atoms with Gasteiger partial charge in [0, 0.05) is 13.1 Å². The number of nitrogens with zero attached hydrogens (tertiary/aromatic N) is 1. The maximum absolute atomic E-state index is 11.8. The summed E-state index contributed by atoms with van der Waals surface area (Å²) in [4.78, 5) is 13.6. The van der Waals surface area contributed by atoms with Crippen molar-refractivity contribution in [2.45, 2.75) is 33.1 Å². The monoisotopic (exact) mass is 243 g/mol. The standard InChI is InChI=1S/C13H25NO3/c1-3-5-12(4-2)10-17-11-13(15)14-6-8-16-9-7-14/h12H,3-11H2,1-2H3. The molecular weight excluding hydrogens is 218 g/mol. The van der Waals surface area contributed by atoms with E-state index in [0.717, 1.165) is 6.42 Å². The summed E-state index contributed by atoms with van der Waals surface area (Å²) >= 11 is 0. The molecule has 100 valence electrons. The number of rotatable bonds is 7. The minimum Gasteiger partial charge on any atom is -0.378 e. The first-order chi connectivity index (χ1) is 8.27. The summed E-state index contributed by atoms with van der Waals surface area (Å²) in [5, 5.41) is 0. The number of hydrogen-bond acceptors (Lipinski definition) is 3. The summed E-state index contributed by atoms with van der Waals surface area (Å²) in [7, 11) is 0. The van der Waals surface area contributed by atoms with Gasteiger partial charge in [0.1, 0.15) is 6.61 Å². The Kier molecular flexibility index (Phi) is 7.21. The Morgan fingerprint density at radius 1 is 1.35 bits per heavy atom. The summed E-state index contributed by atoms with van der Waals surface area (Å²) in [6, 6.07) is 0. The Balaban J connectivity index is 2.14. The molecule has 1 amide bonds. The Hall–Kier alpha value is -0.610. The van der Waals surface area contributed by atoms with Crippen LogP contribution in [0.25, 0.3) is 0 Å². The maximum Gasteiger partial charge on any atom is 0.248 e. The maximum atomic E-state index is 11.8. The molecule has 0 aliphatic carbocycles. The van der Waals surface area contributed by atoms with E-state index >= 15 is 0 Å². The zero-order valence-electron chi connectivity index (χ0n) is 11.1. The van der Waals surface area contributed by atoms with Crippen molar-refractivity contribution in [3.63, 3.8) is 0 Å². The lowest BCUT2D eigenvalue weighted by Crippen LogP contribution is -2.42. The van der Waals surface area contributed by atoms with Gasteiger partial charge in [-0.15, -0.1) is 0 Å². The smallest absolute Gasteiger partial charge is 0.248 e. The molecular formula is C13H25NO3. The molecule has 0 radical (unpaired) electrons. The largest absolute Gasteiger partial charge is 0.378 e. The van der Waals surface area contributed by atoms with Crippen molar-refractivity contribution in [3.8, 4) is 0 Å². The van der Waals surface area contributed by atoms with Gasteiger partial charge in [-0.05, 0) is 12.3 Å². The molecule has 1 rings (SSSR count). The third-order valence-electron chi connectivity index (χ3n) is 3.22. The second kappa shape index (κ2) is 8.48. The number of morpholine rings is 1. The van der Waals surface area contributed by atoms with Gasteiger partial charge in [-0.2, -0.15) is 0 Å². The predicted molar refractivity (Wildman–Crippen MR) is 66.9 cm³/mol. The third-order valence-corrected chi connectivity index (χ3v) is 3.22. The molecule has 4 nitrogen and oxygen atoms in total. The predicted octanol–water partition coefficient (Wildman–Crippen LogP) is 1.69. The quantitative estimate of drug-likeness (QED) is 0.683. The number of carbonyl (C=O) groups is 1. The van der Waals surface area contributed by atoms with Crippen LogP contribution in [-0.2, 0) is 14.3 Å². The molecule has 1 heterocycles. The average molecular weight is 243 g/mol. The van der Waals surface area contributed by atoms with Crippen LogP contribution in [0.2, 0.25) is 0 Å². The molecule has 1 aliphatic heterocycles. The molecule has 0 bridgehead atoms. The van der Waals surface area contributed by atoms with E-state index in [0.29, 0.717) is 38.8 Å². The summed E-state index contributed by atoms with van der Waals surface area (Å²) in [5.41, 5.74) is 0. The van der Waals surface area contributed by atoms with Gasteiger partial charge in [-0.3, -0.25) is 4.79 Å². The summed E-state index contributed by atoms with van der Waals surface area (Å²) in [5.74, 6) is 0.692. The summed E-state index contributed by atoms with van der Waals surface area (Å²) < 4.78 is 10.7. The first-order valence-electron chi connectivity index (χ1n) is 6.71. The van der Waals surface area contributed by atoms with E-state index in [1.54, 1.807) is 0 Å². The van der Waals surface area contributed by atoms with Crippen LogP contribution >= 0.6 is 0 Å². The highest BCUT2D eigenvalue weighted by molar-refractivity contribution is 5.77. The van der Waals surface area contributed by atoms with Gasteiger partial charge in [-0.25, -0.2) is 0 Å². The zero-order chi connectivity index (χ0) is 12.5. The minimum atomic E-state index is 0.0969. The second-order valence-corrected chi connectivity index (χ2v) is 4.57. The minimum absolute atomic E-state index is 0.0969. The molecule has 1 saturated heterocycles. The fourth-order valence-corrected chi connectivity index (χ4v) is 2.03. The zero-order valence-corrected chi connectivity index (χ0v) is 11.1. The van der Waals surface area contributed by atoms with Crippen molar-refractivity contribution in [3.05, 3.63) is 0 Å². The highest BCUT2D eigenvalue weighted by Crippen LogP contribution is 2.11. The molecule has 1 atom stereocenters. The Bertz CT molecular complexity index is 215. The lowest BCUT2D eigenvalue weighted by Gasteiger charge is -2.27. The van der Waals surface area contributed by atoms with Gasteiger partial charge >= 0.3 is 0 Å². The SMILES string of the molecule is CCCC(CC)COCC(=O)N1CCOCC1. The molecule has 1 aliphatic rings. The van der Waals surface area contributed by atoms with Gasteiger partial charge in [-0.1, -0.05) is 26.7 Å². The van der Waals surface area contributed by atoms with Crippen LogP contribution in [0, 0.1) is 5.92 Å². The van der Waals surface area contributed by atoms with E-state index in [4.69, 9.17) is 9.47 Å². The van der Waals surface area contributed by atoms with Gasteiger partial charge in [0.05, 0.1) is 19.8 Å². The molecule has 0 N–H and O–H groups in total. The second-order valence-electron chi connectivity index (χ2n) is 4.57. The number of carbonyl (C=O) groups excluding carboxylic acids is 1. The Labute approximate surface area is 104 Å². The average Bonchev–Trinajstić information content (AvgIpc) is 2.38. The number of amides is 1. The molecule has 1 unspecified atom stereocenters. The lowest BCUT2D eigenvalue weighted by molar-refractivity contribution is -0.140. The van der Waals surface area contributed by atoms with Crippen LogP contribution in [-0.4, -0.2) is 50.3 Å². The van der Waals surface area contributed by atoms with E-state index < -0.39 is 0 Å². The van der Waals surface area contributed by atoms with Crippen molar-refractivity contribution in [2.75, 3.05) is 39.5 Å². The van der Waals surface area contributed by atoms with E-state index in [2.05, 4.69) is 13.8 Å². The van der Waals surface area contributed by atoms with E-state index in [1.807, 2.05) is 4.90 Å². The van der Waals surface area contributed by atoms with Crippen molar-refractivity contribution in [1.82, 2.24) is 4.90 Å². The Morgan fingerprint density at radius 2 is 2.06 bits per heavy atom. The van der Waals surface area contributed by atoms with Crippen molar-refractivity contribution in [2.24, 2.45) is 5.92 Å². The molecule has 0 spiro atoms. The number of ether oxygens (including phenoxy) is 2. The lowest BCUT2D eigenvalue weighted by atomic mass is 10.0. The van der Waals surface area contributed by atoms with Gasteiger partial charge in [0.2, 0.25) is 5.91 Å². The van der Waals surface area contributed by atoms with Crippen molar-refractivity contribution in [1.29, 1.82) is 0 Å². The first-order valence-corrected chi connectivity index (χ1v) is 6.71. The van der Waals surface area contributed by atoms with Gasteiger partial charge < -0.3 is 14.4 Å². The van der Waals surface area contributed by atoms with Crippen molar-refractivity contribution < 1.29 is 14.3 Å². The molecule has 0 aromatic heterocycles. The van der Waals surface area contributed by atoms with E-state index in [1.165, 1.54) is 12.8 Å². The van der Waals surface area contributed by atoms with Gasteiger partial charge in [0.15, 0.2) is 0 Å². The molecule has 1 fully saturated rings. The fourth-order valence-electron chi connectivity index (χ4n) is 2.03. The molecule has 17 heavy (non-hydrogen) atoms. The van der Waals surface area contributed by atoms with Gasteiger partial charge in [0.25, 0.3) is 0 Å². The third kappa shape index (κ3) is 5.50. The van der Waals surface area contributed by atoms with Crippen LogP contribution in [0.1, 0.15) is 33.1 Å². The van der Waals surface area contributed by atoms with Crippen LogP contribution in [0.3, 0.4) is 0 Å². The summed E-state index contributed by atoms with van der Waals surface area (Å²) in [6.07, 6.45) is 3.49. The topological polar surface area (TPSA) is 38.8 Å². The van der Waals surface area contributed by atoms with Crippen LogP contribution in [0.15, 0.2) is 0 Å². The highest BCUT2D eigenvalue weighted by Gasteiger charge is 2.17. The molecule has 4 heteroatoms. The van der Waals surface area contributed by atoms with Crippen LogP contribution in [0.4, 0.5) is 0 Å². The number of hydrogen-bond donors (Lipinski definition) is 0. The van der Waals surface area contributed by atoms with E-state index in [-0.39, 0.29) is 12.5 Å². The van der Waals surface area contributed by atoms with Crippen LogP contribution < -0.4 is 0 Å². The van der Waals surface area contributed by atoms with E-state index in [9.17, 15) is 4.79 Å².